The van der Waals surface area contributed by atoms with Gasteiger partial charge in [-0.1, -0.05) is 36.8 Å². The first-order chi connectivity index (χ1) is 9.13. The smallest absolute Gasteiger partial charge is 0.279 e. The Hall–Kier alpha value is -1.84. The number of hydrogen-bond donors (Lipinski definition) is 0. The molecule has 0 radical (unpaired) electrons. The summed E-state index contributed by atoms with van der Waals surface area (Å²) in [6, 6.07) is 8.25. The van der Waals surface area contributed by atoms with E-state index >= 15 is 0 Å². The molecule has 4 heteroatoms. The van der Waals surface area contributed by atoms with E-state index in [0.29, 0.717) is 12.5 Å². The van der Waals surface area contributed by atoms with Gasteiger partial charge in [0.1, 0.15) is 5.82 Å². The molecule has 1 aliphatic rings. The van der Waals surface area contributed by atoms with Crippen molar-refractivity contribution in [2.24, 2.45) is 5.92 Å². The molecule has 19 heavy (non-hydrogen) atoms. The van der Waals surface area contributed by atoms with E-state index in [1.54, 1.807) is 4.68 Å². The highest BCUT2D eigenvalue weighted by Crippen LogP contribution is 2.16. The van der Waals surface area contributed by atoms with Gasteiger partial charge in [0.2, 0.25) is 0 Å². The second kappa shape index (κ2) is 4.68. The number of benzene rings is 1. The van der Waals surface area contributed by atoms with E-state index < -0.39 is 0 Å². The fraction of sp³-hybridized carbons (Fsp3) is 0.467. The molecule has 1 atom stereocenters. The van der Waals surface area contributed by atoms with Crippen LogP contribution in [-0.4, -0.2) is 14.3 Å². The van der Waals surface area contributed by atoms with Gasteiger partial charge in [-0.05, 0) is 24.8 Å². The van der Waals surface area contributed by atoms with E-state index in [2.05, 4.69) is 43.2 Å². The molecule has 2 heterocycles. The second-order valence-electron chi connectivity index (χ2n) is 5.60. The zero-order chi connectivity index (χ0) is 13.4. The first-order valence-corrected chi connectivity index (χ1v) is 6.85. The standard InChI is InChI=1S/C15H19N3O/c1-11-3-6-13(7-4-11)10-18-15(19)17-9-12(2)5-8-14(17)16-18/h3-4,6-7,12H,5,8-10H2,1-2H3/t12-/m1/s1. The van der Waals surface area contributed by atoms with Crippen molar-refractivity contribution >= 4 is 0 Å². The fourth-order valence-corrected chi connectivity index (χ4v) is 2.60. The quantitative estimate of drug-likeness (QED) is 0.825. The maximum Gasteiger partial charge on any atom is 0.346 e. The highest BCUT2D eigenvalue weighted by atomic mass is 16.2. The van der Waals surface area contributed by atoms with Gasteiger partial charge in [-0.2, -0.15) is 5.10 Å². The maximum atomic E-state index is 12.3. The van der Waals surface area contributed by atoms with E-state index in [-0.39, 0.29) is 5.69 Å². The van der Waals surface area contributed by atoms with Gasteiger partial charge in [0.15, 0.2) is 0 Å². The number of aryl methyl sites for hydroxylation is 2. The molecule has 0 saturated carbocycles. The minimum atomic E-state index is 0.0297. The third-order valence-electron chi connectivity index (χ3n) is 3.81. The Balaban J connectivity index is 1.90. The van der Waals surface area contributed by atoms with E-state index in [4.69, 9.17) is 0 Å². The molecule has 0 N–H and O–H groups in total. The zero-order valence-electron chi connectivity index (χ0n) is 11.5. The van der Waals surface area contributed by atoms with Gasteiger partial charge in [0.05, 0.1) is 6.54 Å². The highest BCUT2D eigenvalue weighted by Gasteiger charge is 2.20. The van der Waals surface area contributed by atoms with Gasteiger partial charge >= 0.3 is 5.69 Å². The van der Waals surface area contributed by atoms with E-state index in [1.807, 2.05) is 4.57 Å². The molecular formula is C15H19N3O. The normalized spacial score (nSPS) is 18.3. The van der Waals surface area contributed by atoms with Crippen LogP contribution in [0.25, 0.3) is 0 Å². The average molecular weight is 257 g/mol. The summed E-state index contributed by atoms with van der Waals surface area (Å²) in [4.78, 5) is 12.3. The fourth-order valence-electron chi connectivity index (χ4n) is 2.60. The third kappa shape index (κ3) is 2.35. The Bertz CT molecular complexity index is 636. The molecule has 2 aromatic rings. The van der Waals surface area contributed by atoms with Gasteiger partial charge in [0, 0.05) is 13.0 Å². The van der Waals surface area contributed by atoms with Crippen LogP contribution in [-0.2, 0) is 19.5 Å². The zero-order valence-corrected chi connectivity index (χ0v) is 11.5. The maximum absolute atomic E-state index is 12.3. The largest absolute Gasteiger partial charge is 0.346 e. The van der Waals surface area contributed by atoms with E-state index in [9.17, 15) is 4.79 Å². The molecule has 0 amide bonds. The SMILES string of the molecule is Cc1ccc(Cn2nc3n(c2=O)C[C@H](C)CC3)cc1. The van der Waals surface area contributed by atoms with Crippen molar-refractivity contribution in [2.75, 3.05) is 0 Å². The van der Waals surface area contributed by atoms with Crippen LogP contribution >= 0.6 is 0 Å². The van der Waals surface area contributed by atoms with Crippen LogP contribution < -0.4 is 5.69 Å². The van der Waals surface area contributed by atoms with Crippen LogP contribution in [0, 0.1) is 12.8 Å². The monoisotopic (exact) mass is 257 g/mol. The summed E-state index contributed by atoms with van der Waals surface area (Å²) >= 11 is 0. The van der Waals surface area contributed by atoms with Crippen molar-refractivity contribution in [2.45, 2.75) is 39.8 Å². The van der Waals surface area contributed by atoms with Crippen molar-refractivity contribution in [1.29, 1.82) is 0 Å². The Morgan fingerprint density at radius 2 is 2.05 bits per heavy atom. The second-order valence-corrected chi connectivity index (χ2v) is 5.60. The number of rotatable bonds is 2. The summed E-state index contributed by atoms with van der Waals surface area (Å²) in [6.45, 7) is 5.62. The molecule has 3 rings (SSSR count). The minimum Gasteiger partial charge on any atom is -0.279 e. The lowest BCUT2D eigenvalue weighted by molar-refractivity contribution is 0.387. The van der Waals surface area contributed by atoms with Crippen molar-refractivity contribution in [3.8, 4) is 0 Å². The molecule has 1 aromatic carbocycles. The molecule has 0 bridgehead atoms. The highest BCUT2D eigenvalue weighted by molar-refractivity contribution is 5.21. The molecule has 0 unspecified atom stereocenters. The number of aromatic nitrogens is 3. The molecule has 1 aromatic heterocycles. The first kappa shape index (κ1) is 12.2. The summed E-state index contributed by atoms with van der Waals surface area (Å²) in [6.07, 6.45) is 2.04. The summed E-state index contributed by atoms with van der Waals surface area (Å²) in [5.41, 5.74) is 2.38. The van der Waals surface area contributed by atoms with Gasteiger partial charge in [-0.3, -0.25) is 4.57 Å². The van der Waals surface area contributed by atoms with Crippen molar-refractivity contribution in [3.63, 3.8) is 0 Å². The van der Waals surface area contributed by atoms with Crippen molar-refractivity contribution < 1.29 is 0 Å². The molecule has 0 aliphatic carbocycles. The molecule has 4 nitrogen and oxygen atoms in total. The van der Waals surface area contributed by atoms with Crippen LogP contribution in [0.15, 0.2) is 29.1 Å². The lowest BCUT2D eigenvalue weighted by Gasteiger charge is -2.17. The lowest BCUT2D eigenvalue weighted by atomic mass is 10.0. The summed E-state index contributed by atoms with van der Waals surface area (Å²) in [7, 11) is 0. The molecule has 1 aliphatic heterocycles. The van der Waals surface area contributed by atoms with E-state index in [0.717, 1.165) is 30.8 Å². The number of nitrogens with zero attached hydrogens (tertiary/aromatic N) is 3. The lowest BCUT2D eigenvalue weighted by Crippen LogP contribution is -2.29. The number of fused-ring (bicyclic) bond motifs is 1. The summed E-state index contributed by atoms with van der Waals surface area (Å²) in [5.74, 6) is 1.51. The Labute approximate surface area is 112 Å². The van der Waals surface area contributed by atoms with Crippen LogP contribution in [0.5, 0.6) is 0 Å². The molecule has 0 fully saturated rings. The minimum absolute atomic E-state index is 0.0297. The Morgan fingerprint density at radius 3 is 2.79 bits per heavy atom. The third-order valence-corrected chi connectivity index (χ3v) is 3.81. The van der Waals surface area contributed by atoms with Gasteiger partial charge in [-0.25, -0.2) is 9.48 Å². The van der Waals surface area contributed by atoms with Crippen LogP contribution in [0.3, 0.4) is 0 Å². The van der Waals surface area contributed by atoms with Gasteiger partial charge in [0.25, 0.3) is 0 Å². The van der Waals surface area contributed by atoms with Crippen molar-refractivity contribution in [3.05, 3.63) is 51.7 Å². The van der Waals surface area contributed by atoms with Crippen LogP contribution in [0.4, 0.5) is 0 Å². The van der Waals surface area contributed by atoms with Crippen LogP contribution in [0.2, 0.25) is 0 Å². The first-order valence-electron chi connectivity index (χ1n) is 6.85. The van der Waals surface area contributed by atoms with E-state index in [1.165, 1.54) is 5.56 Å². The summed E-state index contributed by atoms with van der Waals surface area (Å²) in [5, 5.41) is 4.47. The van der Waals surface area contributed by atoms with Gasteiger partial charge in [-0.15, -0.1) is 0 Å². The molecule has 100 valence electrons. The topological polar surface area (TPSA) is 39.8 Å². The van der Waals surface area contributed by atoms with Crippen LogP contribution in [0.1, 0.15) is 30.3 Å². The predicted molar refractivity (Wildman–Crippen MR) is 74.3 cm³/mol. The summed E-state index contributed by atoms with van der Waals surface area (Å²) < 4.78 is 3.43. The molecule has 0 spiro atoms. The van der Waals surface area contributed by atoms with Gasteiger partial charge < -0.3 is 0 Å². The average Bonchev–Trinajstić information content (AvgIpc) is 2.70. The predicted octanol–water partition coefficient (Wildman–Crippen LogP) is 1.98. The molecular weight excluding hydrogens is 238 g/mol. The Kier molecular flexibility index (Phi) is 3.01. The van der Waals surface area contributed by atoms with Crippen molar-refractivity contribution in [1.82, 2.24) is 14.3 Å². The Morgan fingerprint density at radius 1 is 1.32 bits per heavy atom. The molecule has 0 saturated heterocycles. The number of hydrogen-bond acceptors (Lipinski definition) is 2.